The number of nitrogens with zero attached hydrogens (tertiary/aromatic N) is 1. The van der Waals surface area contributed by atoms with Crippen LogP contribution >= 0.6 is 0 Å². The molecule has 2 aromatic heterocycles. The zero-order valence-corrected chi connectivity index (χ0v) is 11.6. The lowest BCUT2D eigenvalue weighted by molar-refractivity contribution is 0.102. The van der Waals surface area contributed by atoms with Gasteiger partial charge in [-0.05, 0) is 37.3 Å². The van der Waals surface area contributed by atoms with Crippen LogP contribution in [0.4, 0.5) is 5.69 Å². The molecule has 0 spiro atoms. The molecule has 5 heteroatoms. The first-order chi connectivity index (χ1) is 10.3. The first-order valence-electron chi connectivity index (χ1n) is 6.73. The highest BCUT2D eigenvalue weighted by molar-refractivity contribution is 6.06. The minimum Gasteiger partial charge on any atom is -0.478 e. The summed E-state index contributed by atoms with van der Waals surface area (Å²) < 4.78 is 5.26. The van der Waals surface area contributed by atoms with Crippen molar-refractivity contribution in [2.75, 3.05) is 11.9 Å². The Morgan fingerprint density at radius 2 is 2.19 bits per heavy atom. The van der Waals surface area contributed by atoms with E-state index in [1.165, 1.54) is 0 Å². The van der Waals surface area contributed by atoms with Crippen molar-refractivity contribution in [2.45, 2.75) is 6.92 Å². The number of pyridine rings is 1. The predicted octanol–water partition coefficient (Wildman–Crippen LogP) is 3.21. The average Bonchev–Trinajstić information content (AvgIpc) is 2.97. The molecule has 0 saturated heterocycles. The largest absolute Gasteiger partial charge is 0.478 e. The Balaban J connectivity index is 1.75. The summed E-state index contributed by atoms with van der Waals surface area (Å²) in [7, 11) is 0. The Labute approximate surface area is 122 Å². The third-order valence-corrected chi connectivity index (χ3v) is 3.10. The van der Waals surface area contributed by atoms with Crippen molar-refractivity contribution < 1.29 is 9.53 Å². The fraction of sp³-hybridized carbons (Fsp3) is 0.125. The van der Waals surface area contributed by atoms with Crippen molar-refractivity contribution in [3.63, 3.8) is 0 Å². The van der Waals surface area contributed by atoms with E-state index in [0.717, 1.165) is 10.9 Å². The van der Waals surface area contributed by atoms with Gasteiger partial charge in [-0.1, -0.05) is 0 Å². The Morgan fingerprint density at radius 1 is 1.29 bits per heavy atom. The van der Waals surface area contributed by atoms with Gasteiger partial charge in [0.15, 0.2) is 0 Å². The Bertz CT molecular complexity index is 763. The molecule has 0 atom stereocenters. The summed E-state index contributed by atoms with van der Waals surface area (Å²) >= 11 is 0. The number of nitrogens with one attached hydrogen (secondary N) is 2. The highest BCUT2D eigenvalue weighted by Gasteiger charge is 2.07. The summed E-state index contributed by atoms with van der Waals surface area (Å²) in [6, 6.07) is 11.0. The molecular formula is C16H15N3O2. The Morgan fingerprint density at radius 3 is 2.95 bits per heavy atom. The van der Waals surface area contributed by atoms with Gasteiger partial charge in [-0.15, -0.1) is 0 Å². The standard InChI is InChI=1S/C16H15N3O2/c1-2-21-15-6-4-13(10-18-15)19-16(20)12-3-5-14-11(9-12)7-8-17-14/h3-10,17H,2H2,1H3,(H,19,20). The first kappa shape index (κ1) is 13.2. The van der Waals surface area contributed by atoms with Crippen LogP contribution in [0.1, 0.15) is 17.3 Å². The number of anilines is 1. The minimum absolute atomic E-state index is 0.163. The number of hydrogen-bond donors (Lipinski definition) is 2. The van der Waals surface area contributed by atoms with Crippen molar-refractivity contribution in [2.24, 2.45) is 0 Å². The van der Waals surface area contributed by atoms with E-state index in [4.69, 9.17) is 4.74 Å². The number of carbonyl (C=O) groups is 1. The molecular weight excluding hydrogens is 266 g/mol. The molecule has 0 aliphatic rings. The van der Waals surface area contributed by atoms with E-state index in [2.05, 4.69) is 15.3 Å². The normalized spacial score (nSPS) is 10.5. The second kappa shape index (κ2) is 5.66. The molecule has 5 nitrogen and oxygen atoms in total. The summed E-state index contributed by atoms with van der Waals surface area (Å²) in [6.07, 6.45) is 3.43. The second-order valence-electron chi connectivity index (χ2n) is 4.55. The lowest BCUT2D eigenvalue weighted by atomic mass is 10.1. The van der Waals surface area contributed by atoms with E-state index >= 15 is 0 Å². The van der Waals surface area contributed by atoms with Crippen LogP contribution in [0.2, 0.25) is 0 Å². The number of benzene rings is 1. The van der Waals surface area contributed by atoms with Crippen LogP contribution in [-0.4, -0.2) is 22.5 Å². The lowest BCUT2D eigenvalue weighted by Gasteiger charge is -2.06. The van der Waals surface area contributed by atoms with Gasteiger partial charge in [0.05, 0.1) is 18.5 Å². The van der Waals surface area contributed by atoms with Crippen molar-refractivity contribution in [1.29, 1.82) is 0 Å². The average molecular weight is 281 g/mol. The molecule has 0 aliphatic carbocycles. The van der Waals surface area contributed by atoms with Crippen LogP contribution in [0.5, 0.6) is 5.88 Å². The molecule has 2 heterocycles. The van der Waals surface area contributed by atoms with E-state index in [0.29, 0.717) is 23.7 Å². The summed E-state index contributed by atoms with van der Waals surface area (Å²) in [5, 5.41) is 3.82. The molecule has 21 heavy (non-hydrogen) atoms. The molecule has 1 aromatic carbocycles. The van der Waals surface area contributed by atoms with Crippen molar-refractivity contribution in [3.05, 3.63) is 54.4 Å². The maximum Gasteiger partial charge on any atom is 0.255 e. The van der Waals surface area contributed by atoms with Gasteiger partial charge >= 0.3 is 0 Å². The van der Waals surface area contributed by atoms with E-state index in [9.17, 15) is 4.79 Å². The fourth-order valence-electron chi connectivity index (χ4n) is 2.09. The molecule has 106 valence electrons. The maximum absolute atomic E-state index is 12.2. The van der Waals surface area contributed by atoms with Crippen LogP contribution in [0, 0.1) is 0 Å². The van der Waals surface area contributed by atoms with Crippen LogP contribution in [0.3, 0.4) is 0 Å². The maximum atomic E-state index is 12.2. The van der Waals surface area contributed by atoms with E-state index < -0.39 is 0 Å². The van der Waals surface area contributed by atoms with Gasteiger partial charge in [-0.25, -0.2) is 4.98 Å². The summed E-state index contributed by atoms with van der Waals surface area (Å²) in [4.78, 5) is 19.4. The van der Waals surface area contributed by atoms with Gasteiger partial charge in [0, 0.05) is 28.7 Å². The number of amides is 1. The Kier molecular flexibility index (Phi) is 3.55. The number of carbonyl (C=O) groups excluding carboxylic acids is 1. The second-order valence-corrected chi connectivity index (χ2v) is 4.55. The Hall–Kier alpha value is -2.82. The van der Waals surface area contributed by atoms with Crippen molar-refractivity contribution in [3.8, 4) is 5.88 Å². The number of hydrogen-bond acceptors (Lipinski definition) is 3. The fourth-order valence-corrected chi connectivity index (χ4v) is 2.09. The highest BCUT2D eigenvalue weighted by Crippen LogP contribution is 2.16. The monoisotopic (exact) mass is 281 g/mol. The predicted molar refractivity (Wildman–Crippen MR) is 81.7 cm³/mol. The van der Waals surface area contributed by atoms with Crippen LogP contribution < -0.4 is 10.1 Å². The summed E-state index contributed by atoms with van der Waals surface area (Å²) in [5.74, 6) is 0.383. The molecule has 1 amide bonds. The molecule has 0 fully saturated rings. The zero-order chi connectivity index (χ0) is 14.7. The molecule has 3 rings (SSSR count). The van der Waals surface area contributed by atoms with Crippen molar-refractivity contribution in [1.82, 2.24) is 9.97 Å². The van der Waals surface area contributed by atoms with E-state index in [1.54, 1.807) is 24.4 Å². The minimum atomic E-state index is -0.163. The van der Waals surface area contributed by atoms with E-state index in [1.807, 2.05) is 31.3 Å². The van der Waals surface area contributed by atoms with Crippen LogP contribution in [-0.2, 0) is 0 Å². The zero-order valence-electron chi connectivity index (χ0n) is 11.6. The van der Waals surface area contributed by atoms with Gasteiger partial charge in [-0.3, -0.25) is 4.79 Å². The number of fused-ring (bicyclic) bond motifs is 1. The van der Waals surface area contributed by atoms with Gasteiger partial charge in [0.1, 0.15) is 0 Å². The number of aromatic amines is 1. The first-order valence-corrected chi connectivity index (χ1v) is 6.73. The number of rotatable bonds is 4. The number of H-pyrrole nitrogens is 1. The lowest BCUT2D eigenvalue weighted by Crippen LogP contribution is -2.11. The molecule has 0 bridgehead atoms. The third-order valence-electron chi connectivity index (χ3n) is 3.10. The van der Waals surface area contributed by atoms with E-state index in [-0.39, 0.29) is 5.91 Å². The molecule has 0 radical (unpaired) electrons. The van der Waals surface area contributed by atoms with Crippen LogP contribution in [0.15, 0.2) is 48.8 Å². The number of aromatic nitrogens is 2. The highest BCUT2D eigenvalue weighted by atomic mass is 16.5. The third kappa shape index (κ3) is 2.86. The van der Waals surface area contributed by atoms with Gasteiger partial charge in [0.2, 0.25) is 5.88 Å². The molecule has 3 aromatic rings. The van der Waals surface area contributed by atoms with Gasteiger partial charge in [-0.2, -0.15) is 0 Å². The molecule has 2 N–H and O–H groups in total. The summed E-state index contributed by atoms with van der Waals surface area (Å²) in [5.41, 5.74) is 2.25. The number of ether oxygens (including phenoxy) is 1. The molecule has 0 aliphatic heterocycles. The summed E-state index contributed by atoms with van der Waals surface area (Å²) in [6.45, 7) is 2.46. The molecule has 0 unspecified atom stereocenters. The SMILES string of the molecule is CCOc1ccc(NC(=O)c2ccc3[nH]ccc3c2)cn1. The van der Waals surface area contributed by atoms with Gasteiger partial charge < -0.3 is 15.0 Å². The van der Waals surface area contributed by atoms with Crippen LogP contribution in [0.25, 0.3) is 10.9 Å². The molecule has 0 saturated carbocycles. The quantitative estimate of drug-likeness (QED) is 0.771. The topological polar surface area (TPSA) is 67.0 Å². The van der Waals surface area contributed by atoms with Crippen molar-refractivity contribution >= 4 is 22.5 Å². The van der Waals surface area contributed by atoms with Gasteiger partial charge in [0.25, 0.3) is 5.91 Å². The smallest absolute Gasteiger partial charge is 0.255 e.